The highest BCUT2D eigenvalue weighted by Gasteiger charge is 2.19. The van der Waals surface area contributed by atoms with Gasteiger partial charge in [0.1, 0.15) is 17.3 Å². The number of hydrogen-bond acceptors (Lipinski definition) is 7. The van der Waals surface area contributed by atoms with Crippen LogP contribution in [0.2, 0.25) is 0 Å². The third kappa shape index (κ3) is 11.9. The normalized spacial score (nSPS) is 11.5. The van der Waals surface area contributed by atoms with Gasteiger partial charge in [0.2, 0.25) is 0 Å². The maximum atomic E-state index is 14.7. The maximum absolute atomic E-state index is 14.7. The Bertz CT molecular complexity index is 1420. The minimum atomic E-state index is -0.871. The van der Waals surface area contributed by atoms with E-state index >= 15 is 0 Å². The lowest BCUT2D eigenvalue weighted by Gasteiger charge is -2.14. The summed E-state index contributed by atoms with van der Waals surface area (Å²) < 4.78 is 50.6. The zero-order valence-corrected chi connectivity index (χ0v) is 26.9. The fourth-order valence-electron chi connectivity index (χ4n) is 4.69. The molecule has 0 N–H and O–H groups in total. The fraction of sp³-hybridized carbons (Fsp3) is 0.432. The minimum Gasteiger partial charge on any atom is -0.491 e. The molecule has 0 bridgehead atoms. The van der Waals surface area contributed by atoms with Gasteiger partial charge in [0, 0.05) is 6.07 Å². The van der Waals surface area contributed by atoms with Crippen molar-refractivity contribution < 1.29 is 42.1 Å². The van der Waals surface area contributed by atoms with Gasteiger partial charge in [0.05, 0.1) is 29.4 Å². The molecule has 0 saturated carbocycles. The van der Waals surface area contributed by atoms with Crippen molar-refractivity contribution in [1.82, 2.24) is 0 Å². The molecule has 0 fully saturated rings. The highest BCUT2D eigenvalue weighted by atomic mass is 19.1. The Morgan fingerprint density at radius 1 is 0.630 bits per heavy atom. The molecule has 3 aromatic carbocycles. The van der Waals surface area contributed by atoms with Gasteiger partial charge in [-0.25, -0.2) is 23.2 Å². The number of hydrogen-bond donors (Lipinski definition) is 0. The molecular formula is C37H44F2O7. The summed E-state index contributed by atoms with van der Waals surface area (Å²) in [6, 6.07) is 12.9. The Morgan fingerprint density at radius 2 is 1.22 bits per heavy atom. The Labute approximate surface area is 270 Å². The highest BCUT2D eigenvalue weighted by Crippen LogP contribution is 2.23. The van der Waals surface area contributed by atoms with Gasteiger partial charge in [-0.2, -0.15) is 0 Å². The molecule has 9 heteroatoms. The predicted octanol–water partition coefficient (Wildman–Crippen LogP) is 9.66. The van der Waals surface area contributed by atoms with E-state index in [1.165, 1.54) is 67.8 Å². The van der Waals surface area contributed by atoms with Crippen LogP contribution in [-0.4, -0.2) is 30.6 Å². The second-order valence-electron chi connectivity index (χ2n) is 11.3. The Kier molecular flexibility index (Phi) is 15.2. The SMILES string of the molecule is CCCCCCCCOc1ccc(C(=O)Oc2ccc(C(=O)Oc3ccc(C(=O)OC(C)CCCCCC)c(F)c3)cc2)cc1F. The molecular weight excluding hydrogens is 594 g/mol. The molecule has 0 spiro atoms. The summed E-state index contributed by atoms with van der Waals surface area (Å²) in [5.41, 5.74) is -0.135. The van der Waals surface area contributed by atoms with Crippen molar-refractivity contribution in [3.05, 3.63) is 89.0 Å². The van der Waals surface area contributed by atoms with Crippen molar-refractivity contribution >= 4 is 17.9 Å². The van der Waals surface area contributed by atoms with Crippen LogP contribution in [0.1, 0.15) is 122 Å². The van der Waals surface area contributed by atoms with Crippen LogP contribution >= 0.6 is 0 Å². The van der Waals surface area contributed by atoms with Crippen LogP contribution < -0.4 is 14.2 Å². The zero-order valence-electron chi connectivity index (χ0n) is 26.9. The van der Waals surface area contributed by atoms with Gasteiger partial charge in [-0.3, -0.25) is 0 Å². The van der Waals surface area contributed by atoms with E-state index in [1.54, 1.807) is 6.92 Å². The molecule has 0 aliphatic rings. The molecule has 0 amide bonds. The maximum Gasteiger partial charge on any atom is 0.343 e. The van der Waals surface area contributed by atoms with Crippen molar-refractivity contribution in [1.29, 1.82) is 0 Å². The number of rotatable bonds is 19. The van der Waals surface area contributed by atoms with Crippen molar-refractivity contribution in [2.45, 2.75) is 97.5 Å². The third-order valence-corrected chi connectivity index (χ3v) is 7.37. The van der Waals surface area contributed by atoms with Crippen molar-refractivity contribution in [3.63, 3.8) is 0 Å². The standard InChI is InChI=1S/C37H44F2O7/c1-4-6-8-10-11-13-23-43-34-22-17-28(24-33(34)39)36(41)45-29-18-15-27(16-19-29)35(40)46-30-20-21-31(32(38)25-30)37(42)44-26(3)14-12-9-7-5-2/h15-22,24-26H,4-14,23H2,1-3H3. The van der Waals surface area contributed by atoms with E-state index < -0.39 is 29.5 Å². The first kappa shape index (κ1) is 36.2. The number of carbonyl (C=O) groups excluding carboxylic acids is 3. The van der Waals surface area contributed by atoms with E-state index in [4.69, 9.17) is 18.9 Å². The van der Waals surface area contributed by atoms with Crippen molar-refractivity contribution in [2.24, 2.45) is 0 Å². The third-order valence-electron chi connectivity index (χ3n) is 7.37. The predicted molar refractivity (Wildman–Crippen MR) is 172 cm³/mol. The number of ether oxygens (including phenoxy) is 4. The molecule has 0 aliphatic heterocycles. The Balaban J connectivity index is 1.48. The first-order valence-electron chi connectivity index (χ1n) is 16.2. The minimum absolute atomic E-state index is 0.00342. The Hall–Kier alpha value is -4.27. The van der Waals surface area contributed by atoms with Crippen molar-refractivity contribution in [2.75, 3.05) is 6.61 Å². The summed E-state index contributed by atoms with van der Waals surface area (Å²) in [7, 11) is 0. The van der Waals surface area contributed by atoms with Gasteiger partial charge in [0.15, 0.2) is 11.6 Å². The van der Waals surface area contributed by atoms with E-state index in [9.17, 15) is 23.2 Å². The van der Waals surface area contributed by atoms with E-state index in [2.05, 4.69) is 13.8 Å². The van der Waals surface area contributed by atoms with E-state index in [0.29, 0.717) is 13.0 Å². The molecule has 7 nitrogen and oxygen atoms in total. The lowest BCUT2D eigenvalue weighted by molar-refractivity contribution is 0.0314. The van der Waals surface area contributed by atoms with Crippen LogP contribution in [0.15, 0.2) is 60.7 Å². The first-order chi connectivity index (χ1) is 22.2. The van der Waals surface area contributed by atoms with Crippen LogP contribution in [0, 0.1) is 11.6 Å². The molecule has 46 heavy (non-hydrogen) atoms. The molecule has 1 atom stereocenters. The molecule has 0 saturated heterocycles. The lowest BCUT2D eigenvalue weighted by atomic mass is 10.1. The summed E-state index contributed by atoms with van der Waals surface area (Å²) in [4.78, 5) is 37.6. The average Bonchev–Trinajstić information content (AvgIpc) is 3.03. The molecule has 0 heterocycles. The summed E-state index contributed by atoms with van der Waals surface area (Å²) in [5, 5.41) is 0. The topological polar surface area (TPSA) is 88.1 Å². The summed E-state index contributed by atoms with van der Waals surface area (Å²) in [6.07, 6.45) is 11.1. The van der Waals surface area contributed by atoms with E-state index in [0.717, 1.165) is 57.1 Å². The van der Waals surface area contributed by atoms with E-state index in [-0.39, 0.29) is 40.0 Å². The van der Waals surface area contributed by atoms with Crippen LogP contribution in [-0.2, 0) is 4.74 Å². The van der Waals surface area contributed by atoms with Crippen LogP contribution in [0.5, 0.6) is 17.2 Å². The number of esters is 3. The molecule has 3 rings (SSSR count). The lowest BCUT2D eigenvalue weighted by Crippen LogP contribution is -2.16. The Morgan fingerprint density at radius 3 is 1.89 bits per heavy atom. The average molecular weight is 639 g/mol. The largest absolute Gasteiger partial charge is 0.491 e. The van der Waals surface area contributed by atoms with Gasteiger partial charge in [0.25, 0.3) is 0 Å². The van der Waals surface area contributed by atoms with Crippen molar-refractivity contribution in [3.8, 4) is 17.2 Å². The summed E-state index contributed by atoms with van der Waals surface area (Å²) in [5.74, 6) is -3.77. The molecule has 0 aliphatic carbocycles. The van der Waals surface area contributed by atoms with Gasteiger partial charge in [-0.05, 0) is 80.8 Å². The van der Waals surface area contributed by atoms with Gasteiger partial charge in [-0.15, -0.1) is 0 Å². The first-order valence-corrected chi connectivity index (χ1v) is 16.2. The molecule has 0 radical (unpaired) electrons. The fourth-order valence-corrected chi connectivity index (χ4v) is 4.69. The van der Waals surface area contributed by atoms with Crippen LogP contribution in [0.25, 0.3) is 0 Å². The second-order valence-corrected chi connectivity index (χ2v) is 11.3. The summed E-state index contributed by atoms with van der Waals surface area (Å²) >= 11 is 0. The molecule has 0 aromatic heterocycles. The molecule has 248 valence electrons. The number of halogens is 2. The monoisotopic (exact) mass is 638 g/mol. The smallest absolute Gasteiger partial charge is 0.343 e. The highest BCUT2D eigenvalue weighted by molar-refractivity contribution is 5.93. The van der Waals surface area contributed by atoms with E-state index in [1.807, 2.05) is 0 Å². The van der Waals surface area contributed by atoms with Crippen LogP contribution in [0.3, 0.4) is 0 Å². The van der Waals surface area contributed by atoms with Crippen LogP contribution in [0.4, 0.5) is 8.78 Å². The van der Waals surface area contributed by atoms with Gasteiger partial charge >= 0.3 is 17.9 Å². The van der Waals surface area contributed by atoms with Gasteiger partial charge < -0.3 is 18.9 Å². The number of carbonyl (C=O) groups is 3. The van der Waals surface area contributed by atoms with Gasteiger partial charge in [-0.1, -0.05) is 65.2 Å². The molecule has 1 unspecified atom stereocenters. The number of benzene rings is 3. The quantitative estimate of drug-likeness (QED) is 0.0734. The number of unbranched alkanes of at least 4 members (excludes halogenated alkanes) is 8. The second kappa shape index (κ2) is 19.3. The zero-order chi connectivity index (χ0) is 33.3. The summed E-state index contributed by atoms with van der Waals surface area (Å²) in [6.45, 7) is 6.44. The molecule has 3 aromatic rings.